The zero-order valence-corrected chi connectivity index (χ0v) is 20.5. The summed E-state index contributed by atoms with van der Waals surface area (Å²) in [5, 5.41) is 4.53. The van der Waals surface area contributed by atoms with Crippen LogP contribution in [0.4, 0.5) is 0 Å². The Balaban J connectivity index is 1.84. The lowest BCUT2D eigenvalue weighted by Gasteiger charge is -2.12. The fourth-order valence-corrected chi connectivity index (χ4v) is 3.07. The molecule has 4 nitrogen and oxygen atoms in total. The van der Waals surface area contributed by atoms with Gasteiger partial charge in [-0.3, -0.25) is 0 Å². The van der Waals surface area contributed by atoms with Crippen LogP contribution in [0.1, 0.15) is 11.1 Å². The van der Waals surface area contributed by atoms with Gasteiger partial charge in [-0.1, -0.05) is 99.0 Å². The molecule has 0 aromatic heterocycles. The van der Waals surface area contributed by atoms with Crippen molar-refractivity contribution in [1.82, 2.24) is 0 Å². The minimum absolute atomic E-state index is 0.121. The van der Waals surface area contributed by atoms with Crippen molar-refractivity contribution in [3.8, 4) is 11.5 Å². The Morgan fingerprint density at radius 3 is 2.06 bits per heavy atom. The molecular formula is C21H17Cl6NO3. The molecule has 0 heterocycles. The lowest BCUT2D eigenvalue weighted by atomic mass is 10.1. The van der Waals surface area contributed by atoms with E-state index >= 15 is 0 Å². The lowest BCUT2D eigenvalue weighted by Crippen LogP contribution is -2.03. The summed E-state index contributed by atoms with van der Waals surface area (Å²) in [5.41, 5.74) is 1.96. The Hall–Kier alpha value is -1.27. The molecule has 10 heteroatoms. The average molecular weight is 544 g/mol. The van der Waals surface area contributed by atoms with Crippen LogP contribution in [-0.2, 0) is 11.3 Å². The minimum atomic E-state index is 0.121. The van der Waals surface area contributed by atoms with Gasteiger partial charge in [0, 0.05) is 18.6 Å². The van der Waals surface area contributed by atoms with Crippen LogP contribution < -0.4 is 9.47 Å². The summed E-state index contributed by atoms with van der Waals surface area (Å²) in [6.07, 6.45) is 5.26. The largest absolute Gasteiger partial charge is 0.490 e. The Morgan fingerprint density at radius 2 is 1.45 bits per heavy atom. The number of rotatable bonds is 11. The molecule has 0 saturated heterocycles. The third-order valence-electron chi connectivity index (χ3n) is 3.66. The van der Waals surface area contributed by atoms with Gasteiger partial charge in [-0.05, 0) is 23.3 Å². The smallest absolute Gasteiger partial charge is 0.156 e. The minimum Gasteiger partial charge on any atom is -0.490 e. The molecule has 0 aliphatic heterocycles. The van der Waals surface area contributed by atoms with Gasteiger partial charge >= 0.3 is 0 Å². The number of nitrogens with zero attached hydrogens (tertiary/aromatic N) is 1. The molecule has 0 saturated carbocycles. The van der Waals surface area contributed by atoms with Crippen LogP contribution in [0.15, 0.2) is 62.7 Å². The SMILES string of the molecule is ClC(Cl)=CCON=Cc1ccc(CCOc2c(Cl)cc(OCC=C(Cl)Cl)cc2Cl)cc1. The maximum atomic E-state index is 6.27. The molecule has 0 bridgehead atoms. The van der Waals surface area contributed by atoms with Crippen LogP contribution in [0, 0.1) is 0 Å². The molecule has 0 aliphatic rings. The van der Waals surface area contributed by atoms with Crippen molar-refractivity contribution in [1.29, 1.82) is 0 Å². The normalized spacial score (nSPS) is 10.6. The average Bonchev–Trinajstić information content (AvgIpc) is 2.70. The van der Waals surface area contributed by atoms with Gasteiger partial charge in [-0.25, -0.2) is 0 Å². The van der Waals surface area contributed by atoms with E-state index in [0.717, 1.165) is 11.1 Å². The molecule has 0 atom stereocenters. The fourth-order valence-electron chi connectivity index (χ4n) is 2.24. The molecule has 0 aliphatic carbocycles. The van der Waals surface area contributed by atoms with E-state index in [2.05, 4.69) is 5.16 Å². The van der Waals surface area contributed by atoms with E-state index < -0.39 is 0 Å². The van der Waals surface area contributed by atoms with Gasteiger partial charge in [0.05, 0.1) is 22.9 Å². The zero-order valence-electron chi connectivity index (χ0n) is 16.0. The van der Waals surface area contributed by atoms with Gasteiger partial charge < -0.3 is 14.3 Å². The Labute approximate surface area is 210 Å². The van der Waals surface area contributed by atoms with Crippen molar-refractivity contribution >= 4 is 75.8 Å². The highest BCUT2D eigenvalue weighted by Crippen LogP contribution is 2.37. The third kappa shape index (κ3) is 10.3. The van der Waals surface area contributed by atoms with E-state index in [4.69, 9.17) is 83.9 Å². The summed E-state index contributed by atoms with van der Waals surface area (Å²) >= 11 is 34.6. The Morgan fingerprint density at radius 1 is 0.839 bits per heavy atom. The molecule has 2 aromatic rings. The summed E-state index contributed by atoms with van der Waals surface area (Å²) in [6.45, 7) is 0.790. The van der Waals surface area contributed by atoms with E-state index in [1.54, 1.807) is 18.3 Å². The van der Waals surface area contributed by atoms with E-state index in [0.29, 0.717) is 34.6 Å². The van der Waals surface area contributed by atoms with Gasteiger partial charge in [0.25, 0.3) is 0 Å². The first-order chi connectivity index (χ1) is 14.8. The van der Waals surface area contributed by atoms with Crippen LogP contribution in [0.2, 0.25) is 10.0 Å². The number of halogens is 6. The van der Waals surface area contributed by atoms with Gasteiger partial charge in [-0.15, -0.1) is 0 Å². The van der Waals surface area contributed by atoms with Crippen LogP contribution >= 0.6 is 69.6 Å². The highest BCUT2D eigenvalue weighted by molar-refractivity contribution is 6.56. The van der Waals surface area contributed by atoms with Crippen molar-refractivity contribution in [3.05, 3.63) is 78.7 Å². The van der Waals surface area contributed by atoms with Crippen molar-refractivity contribution < 1.29 is 14.3 Å². The van der Waals surface area contributed by atoms with E-state index in [1.807, 2.05) is 24.3 Å². The van der Waals surface area contributed by atoms with E-state index in [-0.39, 0.29) is 22.2 Å². The highest BCUT2D eigenvalue weighted by Gasteiger charge is 2.11. The van der Waals surface area contributed by atoms with Crippen LogP contribution in [0.5, 0.6) is 11.5 Å². The molecule has 0 spiro atoms. The van der Waals surface area contributed by atoms with Crippen molar-refractivity contribution in [2.45, 2.75) is 6.42 Å². The summed E-state index contributed by atoms with van der Waals surface area (Å²) < 4.78 is 11.5. The zero-order chi connectivity index (χ0) is 22.6. The van der Waals surface area contributed by atoms with Gasteiger partial charge in [0.1, 0.15) is 27.9 Å². The van der Waals surface area contributed by atoms with Crippen LogP contribution in [-0.4, -0.2) is 26.0 Å². The maximum absolute atomic E-state index is 6.27. The van der Waals surface area contributed by atoms with Crippen molar-refractivity contribution in [3.63, 3.8) is 0 Å². The first-order valence-corrected chi connectivity index (χ1v) is 11.1. The van der Waals surface area contributed by atoms with Crippen molar-refractivity contribution in [2.75, 3.05) is 19.8 Å². The van der Waals surface area contributed by atoms with E-state index in [9.17, 15) is 0 Å². The second-order valence-electron chi connectivity index (χ2n) is 5.88. The van der Waals surface area contributed by atoms with Gasteiger partial charge in [0.2, 0.25) is 0 Å². The summed E-state index contributed by atoms with van der Waals surface area (Å²) in [6, 6.07) is 11.0. The molecule has 0 unspecified atom stereocenters. The highest BCUT2D eigenvalue weighted by atomic mass is 35.5. The number of ether oxygens (including phenoxy) is 2. The van der Waals surface area contributed by atoms with Crippen LogP contribution in [0.3, 0.4) is 0 Å². The second-order valence-corrected chi connectivity index (χ2v) is 8.72. The topological polar surface area (TPSA) is 40.0 Å². The predicted octanol–water partition coefficient (Wildman–Crippen LogP) is 7.98. The summed E-state index contributed by atoms with van der Waals surface area (Å²) in [5.74, 6) is 0.879. The maximum Gasteiger partial charge on any atom is 0.156 e. The number of hydrogen-bond donors (Lipinski definition) is 0. The molecule has 0 amide bonds. The predicted molar refractivity (Wildman–Crippen MR) is 131 cm³/mol. The molecule has 2 aromatic carbocycles. The standard InChI is InChI=1S/C21H17Cl6NO3/c22-17-11-16(29-9-6-19(24)25)12-18(23)21(17)30-8-5-14-1-3-15(4-2-14)13-28-31-10-7-20(26)27/h1-4,6-7,11-13H,5,8-10H2. The van der Waals surface area contributed by atoms with Crippen molar-refractivity contribution in [2.24, 2.45) is 5.16 Å². The monoisotopic (exact) mass is 541 g/mol. The lowest BCUT2D eigenvalue weighted by molar-refractivity contribution is 0.176. The molecular weight excluding hydrogens is 527 g/mol. The Bertz CT molecular complexity index is 914. The fraction of sp³-hybridized carbons (Fsp3) is 0.190. The number of hydrogen-bond acceptors (Lipinski definition) is 4. The first-order valence-electron chi connectivity index (χ1n) is 8.86. The molecule has 31 heavy (non-hydrogen) atoms. The molecule has 0 fully saturated rings. The van der Waals surface area contributed by atoms with E-state index in [1.165, 1.54) is 12.2 Å². The molecule has 0 N–H and O–H groups in total. The molecule has 2 rings (SSSR count). The van der Waals surface area contributed by atoms with Gasteiger partial charge in [0.15, 0.2) is 5.75 Å². The van der Waals surface area contributed by atoms with Gasteiger partial charge in [-0.2, -0.15) is 0 Å². The molecule has 0 radical (unpaired) electrons. The molecule has 166 valence electrons. The number of oxime groups is 1. The van der Waals surface area contributed by atoms with Crippen LogP contribution in [0.25, 0.3) is 0 Å². The number of benzene rings is 2. The first kappa shape index (κ1) is 26.0. The third-order valence-corrected chi connectivity index (χ3v) is 4.84. The summed E-state index contributed by atoms with van der Waals surface area (Å²) in [4.78, 5) is 5.01. The second kappa shape index (κ2) is 14.0. The Kier molecular flexibility index (Phi) is 11.7. The quantitative estimate of drug-likeness (QED) is 0.164. The summed E-state index contributed by atoms with van der Waals surface area (Å²) in [7, 11) is 0.